The molecule has 2 nitrogen and oxygen atoms in total. The Bertz CT molecular complexity index is 409. The van der Waals surface area contributed by atoms with Crippen molar-refractivity contribution in [3.8, 4) is 0 Å². The first-order chi connectivity index (χ1) is 7.68. The first-order valence-corrected chi connectivity index (χ1v) is 6.28. The van der Waals surface area contributed by atoms with Crippen molar-refractivity contribution in [2.45, 2.75) is 38.8 Å². The highest BCUT2D eigenvalue weighted by Gasteiger charge is 2.34. The number of anilines is 1. The molecule has 0 saturated carbocycles. The molecule has 0 aromatic heterocycles. The molecule has 1 aromatic rings. The van der Waals surface area contributed by atoms with Crippen LogP contribution in [0.4, 0.5) is 5.69 Å². The summed E-state index contributed by atoms with van der Waals surface area (Å²) >= 11 is 0. The Morgan fingerprint density at radius 3 is 2.94 bits per heavy atom. The van der Waals surface area contributed by atoms with Crippen molar-refractivity contribution in [3.05, 3.63) is 29.3 Å². The third-order valence-electron chi connectivity index (χ3n) is 4.04. The zero-order chi connectivity index (χ0) is 11.2. The summed E-state index contributed by atoms with van der Waals surface area (Å²) in [4.78, 5) is 2.61. The molecule has 0 saturated heterocycles. The van der Waals surface area contributed by atoms with Gasteiger partial charge in [0.1, 0.15) is 0 Å². The summed E-state index contributed by atoms with van der Waals surface area (Å²) in [5.74, 6) is 0. The van der Waals surface area contributed by atoms with Crippen LogP contribution >= 0.6 is 0 Å². The molecule has 16 heavy (non-hydrogen) atoms. The molecular formula is C14H20N2. The fourth-order valence-electron chi connectivity index (χ4n) is 3.04. The number of nitrogens with one attached hydrogen (secondary N) is 1. The Kier molecular flexibility index (Phi) is 2.21. The lowest BCUT2D eigenvalue weighted by Crippen LogP contribution is -2.49. The molecule has 0 aliphatic carbocycles. The number of benzene rings is 1. The van der Waals surface area contributed by atoms with Crippen molar-refractivity contribution in [3.63, 3.8) is 0 Å². The SMILES string of the molecule is CC1(C)CCc2cccc3c2N1CCNC3. The van der Waals surface area contributed by atoms with Crippen LogP contribution in [-0.4, -0.2) is 18.6 Å². The molecule has 0 bridgehead atoms. The zero-order valence-electron chi connectivity index (χ0n) is 10.2. The average molecular weight is 216 g/mol. The van der Waals surface area contributed by atoms with Gasteiger partial charge < -0.3 is 10.2 Å². The van der Waals surface area contributed by atoms with Crippen molar-refractivity contribution in [1.29, 1.82) is 0 Å². The van der Waals surface area contributed by atoms with Gasteiger partial charge in [0.25, 0.3) is 0 Å². The fraction of sp³-hybridized carbons (Fsp3) is 0.571. The minimum atomic E-state index is 0.315. The summed E-state index contributed by atoms with van der Waals surface area (Å²) in [7, 11) is 0. The fourth-order valence-corrected chi connectivity index (χ4v) is 3.04. The summed E-state index contributed by atoms with van der Waals surface area (Å²) < 4.78 is 0. The quantitative estimate of drug-likeness (QED) is 0.716. The van der Waals surface area contributed by atoms with Gasteiger partial charge in [-0.15, -0.1) is 0 Å². The van der Waals surface area contributed by atoms with Crippen LogP contribution in [-0.2, 0) is 13.0 Å². The first-order valence-electron chi connectivity index (χ1n) is 6.28. The van der Waals surface area contributed by atoms with Crippen molar-refractivity contribution in [2.24, 2.45) is 0 Å². The molecule has 0 unspecified atom stereocenters. The van der Waals surface area contributed by atoms with E-state index in [1.165, 1.54) is 24.1 Å². The molecule has 1 N–H and O–H groups in total. The minimum absolute atomic E-state index is 0.315. The van der Waals surface area contributed by atoms with E-state index >= 15 is 0 Å². The van der Waals surface area contributed by atoms with Gasteiger partial charge in [-0.2, -0.15) is 0 Å². The van der Waals surface area contributed by atoms with Crippen LogP contribution in [0.3, 0.4) is 0 Å². The van der Waals surface area contributed by atoms with Crippen LogP contribution in [0.5, 0.6) is 0 Å². The van der Waals surface area contributed by atoms with Gasteiger partial charge in [0, 0.05) is 30.9 Å². The maximum atomic E-state index is 3.52. The molecule has 2 heteroatoms. The number of para-hydroxylation sites is 1. The molecule has 0 radical (unpaired) electrons. The van der Waals surface area contributed by atoms with E-state index in [4.69, 9.17) is 0 Å². The van der Waals surface area contributed by atoms with Gasteiger partial charge in [-0.05, 0) is 37.8 Å². The second-order valence-corrected chi connectivity index (χ2v) is 5.57. The summed E-state index contributed by atoms with van der Waals surface area (Å²) in [5.41, 5.74) is 4.85. The lowest BCUT2D eigenvalue weighted by Gasteiger charge is -2.45. The van der Waals surface area contributed by atoms with Gasteiger partial charge in [0.05, 0.1) is 0 Å². The van der Waals surface area contributed by atoms with Crippen molar-refractivity contribution in [1.82, 2.24) is 5.32 Å². The number of hydrogen-bond donors (Lipinski definition) is 1. The predicted octanol–water partition coefficient (Wildman–Crippen LogP) is 2.32. The molecule has 2 aliphatic rings. The number of nitrogens with zero attached hydrogens (tertiary/aromatic N) is 1. The summed E-state index contributed by atoms with van der Waals surface area (Å²) in [5, 5.41) is 3.52. The van der Waals surface area contributed by atoms with E-state index in [1.54, 1.807) is 5.56 Å². The second-order valence-electron chi connectivity index (χ2n) is 5.57. The maximum absolute atomic E-state index is 3.52. The van der Waals surface area contributed by atoms with E-state index in [-0.39, 0.29) is 0 Å². The van der Waals surface area contributed by atoms with Crippen molar-refractivity contribution < 1.29 is 0 Å². The Morgan fingerprint density at radius 1 is 1.25 bits per heavy atom. The highest BCUT2D eigenvalue weighted by atomic mass is 15.2. The molecule has 2 heterocycles. The van der Waals surface area contributed by atoms with Crippen LogP contribution in [0.2, 0.25) is 0 Å². The maximum Gasteiger partial charge on any atom is 0.0449 e. The normalized spacial score (nSPS) is 22.5. The second kappa shape index (κ2) is 3.49. The Labute approximate surface area is 97.6 Å². The van der Waals surface area contributed by atoms with Gasteiger partial charge in [0.2, 0.25) is 0 Å². The lowest BCUT2D eigenvalue weighted by atomic mass is 9.85. The van der Waals surface area contributed by atoms with Crippen molar-refractivity contribution in [2.75, 3.05) is 18.0 Å². The monoisotopic (exact) mass is 216 g/mol. The molecule has 2 aliphatic heterocycles. The Balaban J connectivity index is 2.17. The smallest absolute Gasteiger partial charge is 0.0449 e. The van der Waals surface area contributed by atoms with Crippen LogP contribution in [0.25, 0.3) is 0 Å². The third kappa shape index (κ3) is 1.44. The lowest BCUT2D eigenvalue weighted by molar-refractivity contribution is 0.410. The van der Waals surface area contributed by atoms with Crippen molar-refractivity contribution >= 4 is 5.69 Å². The molecule has 1 aromatic carbocycles. The summed E-state index contributed by atoms with van der Waals surface area (Å²) in [6.07, 6.45) is 2.50. The number of aryl methyl sites for hydroxylation is 1. The Morgan fingerprint density at radius 2 is 2.06 bits per heavy atom. The van der Waals surface area contributed by atoms with E-state index in [1.807, 2.05) is 0 Å². The standard InChI is InChI=1S/C14H20N2/c1-14(2)7-6-11-4-3-5-12-10-15-8-9-16(14)13(11)12/h3-5,15H,6-10H2,1-2H3. The van der Waals surface area contributed by atoms with Gasteiger partial charge >= 0.3 is 0 Å². The third-order valence-corrected chi connectivity index (χ3v) is 4.04. The summed E-state index contributed by atoms with van der Waals surface area (Å²) in [6, 6.07) is 6.77. The molecule has 0 fully saturated rings. The van der Waals surface area contributed by atoms with E-state index in [0.717, 1.165) is 19.6 Å². The van der Waals surface area contributed by atoms with E-state index < -0.39 is 0 Å². The first kappa shape index (κ1) is 10.2. The van der Waals surface area contributed by atoms with Gasteiger partial charge in [-0.3, -0.25) is 0 Å². The van der Waals surface area contributed by atoms with Crippen LogP contribution < -0.4 is 10.2 Å². The van der Waals surface area contributed by atoms with Gasteiger partial charge in [-0.25, -0.2) is 0 Å². The number of hydrogen-bond acceptors (Lipinski definition) is 2. The topological polar surface area (TPSA) is 15.3 Å². The molecule has 0 amide bonds. The number of rotatable bonds is 0. The van der Waals surface area contributed by atoms with Crippen LogP contribution in [0.1, 0.15) is 31.4 Å². The van der Waals surface area contributed by atoms with Gasteiger partial charge in [0.15, 0.2) is 0 Å². The van der Waals surface area contributed by atoms with E-state index in [2.05, 4.69) is 42.3 Å². The van der Waals surface area contributed by atoms with Crippen LogP contribution in [0.15, 0.2) is 18.2 Å². The average Bonchev–Trinajstić information content (AvgIpc) is 2.48. The summed E-state index contributed by atoms with van der Waals surface area (Å²) in [6.45, 7) is 8.00. The molecule has 0 spiro atoms. The van der Waals surface area contributed by atoms with E-state index in [9.17, 15) is 0 Å². The molecular weight excluding hydrogens is 196 g/mol. The molecule has 3 rings (SSSR count). The van der Waals surface area contributed by atoms with E-state index in [0.29, 0.717) is 5.54 Å². The predicted molar refractivity (Wildman–Crippen MR) is 67.9 cm³/mol. The molecule has 86 valence electrons. The largest absolute Gasteiger partial charge is 0.365 e. The highest BCUT2D eigenvalue weighted by molar-refractivity contribution is 5.63. The zero-order valence-corrected chi connectivity index (χ0v) is 10.2. The highest BCUT2D eigenvalue weighted by Crippen LogP contribution is 2.39. The van der Waals surface area contributed by atoms with Gasteiger partial charge in [-0.1, -0.05) is 18.2 Å². The Hall–Kier alpha value is -1.02. The minimum Gasteiger partial charge on any atom is -0.365 e. The molecule has 0 atom stereocenters. The van der Waals surface area contributed by atoms with Crippen LogP contribution in [0, 0.1) is 0 Å².